The van der Waals surface area contributed by atoms with Gasteiger partial charge in [-0.15, -0.1) is 6.58 Å². The lowest BCUT2D eigenvalue weighted by atomic mass is 9.87. The first-order valence-corrected chi connectivity index (χ1v) is 4.71. The quantitative estimate of drug-likeness (QED) is 0.690. The lowest BCUT2D eigenvalue weighted by Gasteiger charge is -2.20. The highest BCUT2D eigenvalue weighted by Crippen LogP contribution is 2.29. The molecule has 3 heteroatoms. The van der Waals surface area contributed by atoms with Crippen LogP contribution in [-0.4, -0.2) is 11.3 Å². The number of rotatable bonds is 2. The van der Waals surface area contributed by atoms with Crippen LogP contribution in [0.3, 0.4) is 0 Å². The minimum Gasteiger partial charge on any atom is -0.512 e. The topological polar surface area (TPSA) is 54.4 Å². The highest BCUT2D eigenvalue weighted by atomic mass is 16.3. The summed E-state index contributed by atoms with van der Waals surface area (Å²) in [5.74, 6) is 1.12. The Labute approximate surface area is 84.1 Å². The van der Waals surface area contributed by atoms with Crippen LogP contribution in [0.1, 0.15) is 32.6 Å². The molecule has 1 aliphatic rings. The Bertz CT molecular complexity index is 247. The maximum Gasteiger partial charge on any atom is 0.373 e. The Morgan fingerprint density at radius 1 is 1.64 bits per heavy atom. The molecule has 14 heavy (non-hydrogen) atoms. The number of aliphatic hydroxyl groups is 1. The van der Waals surface area contributed by atoms with Crippen LogP contribution in [0, 0.1) is 5.92 Å². The van der Waals surface area contributed by atoms with Gasteiger partial charge in [-0.25, -0.2) is 0 Å². The van der Waals surface area contributed by atoms with Crippen molar-refractivity contribution in [2.24, 2.45) is 5.92 Å². The molecule has 0 spiro atoms. The predicted molar refractivity (Wildman–Crippen MR) is 52.5 cm³/mol. The molecule has 0 fully saturated rings. The minimum atomic E-state index is 0.250. The van der Waals surface area contributed by atoms with Gasteiger partial charge >= 0.3 is 6.15 Å². The number of allylic oxidation sites excluding steroid dienone is 3. The summed E-state index contributed by atoms with van der Waals surface area (Å²) in [5, 5.41) is 9.50. The zero-order chi connectivity index (χ0) is 11.0. The molecule has 0 aromatic heterocycles. The van der Waals surface area contributed by atoms with E-state index in [-0.39, 0.29) is 6.15 Å². The van der Waals surface area contributed by atoms with Gasteiger partial charge < -0.3 is 5.11 Å². The Morgan fingerprint density at radius 2 is 2.21 bits per heavy atom. The van der Waals surface area contributed by atoms with E-state index in [1.807, 2.05) is 6.08 Å². The Balaban J connectivity index is 0.000000500. The zero-order valence-electron chi connectivity index (χ0n) is 8.45. The van der Waals surface area contributed by atoms with Gasteiger partial charge in [0.1, 0.15) is 0 Å². The van der Waals surface area contributed by atoms with Gasteiger partial charge in [0, 0.05) is 6.42 Å². The van der Waals surface area contributed by atoms with E-state index in [0.717, 1.165) is 25.7 Å². The minimum absolute atomic E-state index is 0.250. The molecule has 0 aromatic rings. The van der Waals surface area contributed by atoms with Gasteiger partial charge in [-0.1, -0.05) is 13.0 Å². The third kappa shape index (κ3) is 4.06. The predicted octanol–water partition coefficient (Wildman–Crippen LogP) is 2.61. The molecule has 0 aliphatic heterocycles. The van der Waals surface area contributed by atoms with Crippen molar-refractivity contribution in [3.8, 4) is 0 Å². The molecule has 1 N–H and O–H groups in total. The highest BCUT2D eigenvalue weighted by Gasteiger charge is 2.16. The molecule has 0 unspecified atom stereocenters. The maximum absolute atomic E-state index is 9.50. The van der Waals surface area contributed by atoms with Crippen LogP contribution in [-0.2, 0) is 9.59 Å². The lowest BCUT2D eigenvalue weighted by Crippen LogP contribution is -2.07. The molecule has 0 aromatic carbocycles. The molecule has 1 atom stereocenters. The van der Waals surface area contributed by atoms with Gasteiger partial charge in [-0.2, -0.15) is 9.59 Å². The van der Waals surface area contributed by atoms with Gasteiger partial charge in [0.05, 0.1) is 5.76 Å². The summed E-state index contributed by atoms with van der Waals surface area (Å²) in [4.78, 5) is 16.2. The second-order valence-electron chi connectivity index (χ2n) is 3.23. The number of aliphatic hydroxyl groups excluding tert-OH is 1. The Hall–Kier alpha value is -1.34. The zero-order valence-corrected chi connectivity index (χ0v) is 8.45. The second kappa shape index (κ2) is 7.10. The van der Waals surface area contributed by atoms with Crippen molar-refractivity contribution >= 4 is 6.15 Å². The smallest absolute Gasteiger partial charge is 0.373 e. The molecule has 0 saturated heterocycles. The molecule has 0 saturated carbocycles. The van der Waals surface area contributed by atoms with Crippen LogP contribution in [0.4, 0.5) is 0 Å². The van der Waals surface area contributed by atoms with E-state index in [4.69, 9.17) is 9.59 Å². The largest absolute Gasteiger partial charge is 0.512 e. The molecular formula is C11H16O3. The van der Waals surface area contributed by atoms with Gasteiger partial charge in [-0.05, 0) is 30.8 Å². The van der Waals surface area contributed by atoms with E-state index in [1.165, 1.54) is 5.57 Å². The third-order valence-electron chi connectivity index (χ3n) is 2.44. The number of carbonyl (C=O) groups excluding carboxylic acids is 2. The maximum atomic E-state index is 9.50. The van der Waals surface area contributed by atoms with Gasteiger partial charge in [0.15, 0.2) is 0 Å². The average molecular weight is 196 g/mol. The summed E-state index contributed by atoms with van der Waals surface area (Å²) in [7, 11) is 0. The first kappa shape index (κ1) is 12.7. The fourth-order valence-electron chi connectivity index (χ4n) is 1.58. The summed E-state index contributed by atoms with van der Waals surface area (Å²) in [6.07, 6.45) is 6.22. The van der Waals surface area contributed by atoms with Crippen LogP contribution < -0.4 is 0 Å². The van der Waals surface area contributed by atoms with Crippen molar-refractivity contribution in [3.63, 3.8) is 0 Å². The SMILES string of the molecule is C=C[C@@H]1CCC(CC)=C(O)C1.O=C=O. The first-order chi connectivity index (χ1) is 6.69. The standard InChI is InChI=1S/C10H16O.CO2/c1-3-8-5-6-9(4-2)10(11)7-8;2-1-3/h3,8,11H,1,4-7H2,2H3;/t8-;/m1./s1. The summed E-state index contributed by atoms with van der Waals surface area (Å²) in [6.45, 7) is 5.83. The molecule has 0 heterocycles. The lowest BCUT2D eigenvalue weighted by molar-refractivity contribution is -0.191. The van der Waals surface area contributed by atoms with Crippen molar-refractivity contribution in [1.82, 2.24) is 0 Å². The van der Waals surface area contributed by atoms with Crippen molar-refractivity contribution in [2.75, 3.05) is 0 Å². The van der Waals surface area contributed by atoms with Gasteiger partial charge in [-0.3, -0.25) is 0 Å². The van der Waals surface area contributed by atoms with Crippen molar-refractivity contribution < 1.29 is 14.7 Å². The van der Waals surface area contributed by atoms with Crippen molar-refractivity contribution in [3.05, 3.63) is 24.0 Å². The molecule has 0 bridgehead atoms. The number of hydrogen-bond acceptors (Lipinski definition) is 3. The number of hydrogen-bond donors (Lipinski definition) is 1. The van der Waals surface area contributed by atoms with E-state index in [9.17, 15) is 5.11 Å². The van der Waals surface area contributed by atoms with Crippen molar-refractivity contribution in [2.45, 2.75) is 32.6 Å². The van der Waals surface area contributed by atoms with Crippen LogP contribution in [0.2, 0.25) is 0 Å². The summed E-state index contributed by atoms with van der Waals surface area (Å²) < 4.78 is 0. The highest BCUT2D eigenvalue weighted by molar-refractivity contribution is 5.20. The summed E-state index contributed by atoms with van der Waals surface area (Å²) in [5.41, 5.74) is 1.24. The monoisotopic (exact) mass is 196 g/mol. The van der Waals surface area contributed by atoms with Crippen LogP contribution >= 0.6 is 0 Å². The average Bonchev–Trinajstić information content (AvgIpc) is 2.19. The van der Waals surface area contributed by atoms with E-state index >= 15 is 0 Å². The second-order valence-corrected chi connectivity index (χ2v) is 3.23. The molecule has 78 valence electrons. The fourth-order valence-corrected chi connectivity index (χ4v) is 1.58. The molecular weight excluding hydrogens is 180 g/mol. The van der Waals surface area contributed by atoms with E-state index in [0.29, 0.717) is 11.7 Å². The van der Waals surface area contributed by atoms with Crippen LogP contribution in [0.25, 0.3) is 0 Å². The molecule has 0 amide bonds. The van der Waals surface area contributed by atoms with Gasteiger partial charge in [0.2, 0.25) is 0 Å². The molecule has 3 nitrogen and oxygen atoms in total. The van der Waals surface area contributed by atoms with Gasteiger partial charge in [0.25, 0.3) is 0 Å². The van der Waals surface area contributed by atoms with Crippen LogP contribution in [0.15, 0.2) is 24.0 Å². The molecule has 1 rings (SSSR count). The first-order valence-electron chi connectivity index (χ1n) is 4.71. The summed E-state index contributed by atoms with van der Waals surface area (Å²) in [6, 6.07) is 0. The summed E-state index contributed by atoms with van der Waals surface area (Å²) >= 11 is 0. The normalized spacial score (nSPS) is 20.5. The van der Waals surface area contributed by atoms with E-state index < -0.39 is 0 Å². The van der Waals surface area contributed by atoms with Crippen LogP contribution in [0.5, 0.6) is 0 Å². The fraction of sp³-hybridized carbons (Fsp3) is 0.545. The Kier molecular flexibility index (Phi) is 6.42. The van der Waals surface area contributed by atoms with E-state index in [1.54, 1.807) is 0 Å². The van der Waals surface area contributed by atoms with E-state index in [2.05, 4.69) is 13.5 Å². The molecule has 1 aliphatic carbocycles. The molecule has 0 radical (unpaired) electrons. The van der Waals surface area contributed by atoms with Crippen molar-refractivity contribution in [1.29, 1.82) is 0 Å². The Morgan fingerprint density at radius 3 is 2.57 bits per heavy atom. The third-order valence-corrected chi connectivity index (χ3v) is 2.44.